The molecule has 0 saturated heterocycles. The highest BCUT2D eigenvalue weighted by molar-refractivity contribution is 5.57. The van der Waals surface area contributed by atoms with Crippen LogP contribution in [0.5, 0.6) is 0 Å². The highest BCUT2D eigenvalue weighted by Gasteiger charge is 2.37. The van der Waals surface area contributed by atoms with E-state index in [0.717, 1.165) is 6.42 Å². The monoisotopic (exact) mass is 280 g/mol. The first kappa shape index (κ1) is 16.8. The van der Waals surface area contributed by atoms with Crippen molar-refractivity contribution in [1.29, 1.82) is 0 Å². The number of hydrogen-bond donors (Lipinski definition) is 1. The predicted octanol–water partition coefficient (Wildman–Crippen LogP) is 4.89. The van der Waals surface area contributed by atoms with Gasteiger partial charge in [-0.15, -0.1) is 0 Å². The second-order valence-corrected chi connectivity index (χ2v) is 6.79. The third kappa shape index (κ3) is 3.87. The van der Waals surface area contributed by atoms with Crippen molar-refractivity contribution in [3.05, 3.63) is 23.3 Å². The Morgan fingerprint density at radius 1 is 1.25 bits per heavy atom. The van der Waals surface area contributed by atoms with Crippen LogP contribution in [0.15, 0.2) is 23.3 Å². The van der Waals surface area contributed by atoms with E-state index in [0.29, 0.717) is 17.8 Å². The lowest BCUT2D eigenvalue weighted by Crippen LogP contribution is -2.35. The lowest BCUT2D eigenvalue weighted by molar-refractivity contribution is 0.0437. The molecular weight excluding hydrogens is 252 g/mol. The molecule has 0 saturated carbocycles. The molecule has 0 aliphatic heterocycles. The summed E-state index contributed by atoms with van der Waals surface area (Å²) >= 11 is 0. The molecule has 0 radical (unpaired) electrons. The summed E-state index contributed by atoms with van der Waals surface area (Å²) in [6, 6.07) is 0. The molecule has 1 aliphatic carbocycles. The van der Waals surface area contributed by atoms with Crippen LogP contribution in [0.4, 0.5) is 4.79 Å². The molecule has 1 N–H and O–H groups in total. The molecule has 0 spiro atoms. The van der Waals surface area contributed by atoms with Crippen LogP contribution < -0.4 is 0 Å². The third-order valence-corrected chi connectivity index (χ3v) is 4.36. The number of ether oxygens (including phenoxy) is 1. The Hall–Kier alpha value is -1.25. The summed E-state index contributed by atoms with van der Waals surface area (Å²) in [4.78, 5) is 10.8. The minimum Gasteiger partial charge on any atom is -0.450 e. The zero-order valence-corrected chi connectivity index (χ0v) is 13.6. The summed E-state index contributed by atoms with van der Waals surface area (Å²) < 4.78 is 4.95. The zero-order chi connectivity index (χ0) is 15.5. The quantitative estimate of drug-likeness (QED) is 0.729. The number of allylic oxidation sites excluding steroid dienone is 3. The highest BCUT2D eigenvalue weighted by Crippen LogP contribution is 2.44. The van der Waals surface area contributed by atoms with Gasteiger partial charge in [0.1, 0.15) is 6.61 Å². The van der Waals surface area contributed by atoms with E-state index in [2.05, 4.69) is 53.7 Å². The van der Waals surface area contributed by atoms with Crippen LogP contribution in [-0.4, -0.2) is 17.9 Å². The summed E-state index contributed by atoms with van der Waals surface area (Å²) in [5, 5.41) is 8.83. The molecule has 0 aromatic rings. The minimum atomic E-state index is -1.19. The van der Waals surface area contributed by atoms with E-state index in [1.165, 1.54) is 11.1 Å². The maximum Gasteiger partial charge on any atom is 0.505 e. The number of rotatable bonds is 5. The van der Waals surface area contributed by atoms with Crippen LogP contribution in [-0.2, 0) is 4.74 Å². The van der Waals surface area contributed by atoms with Crippen molar-refractivity contribution in [2.45, 2.75) is 48.0 Å². The Morgan fingerprint density at radius 2 is 1.85 bits per heavy atom. The first-order chi connectivity index (χ1) is 9.18. The molecule has 114 valence electrons. The molecule has 1 atom stereocenters. The Morgan fingerprint density at radius 3 is 2.25 bits per heavy atom. The summed E-state index contributed by atoms with van der Waals surface area (Å²) in [6.45, 7) is 13.3. The SMILES string of the molecule is CC(C)C1=CC(COC(=O)O)(C(C)C)CC(C(C)C)=C1. The summed E-state index contributed by atoms with van der Waals surface area (Å²) in [7, 11) is 0. The van der Waals surface area contributed by atoms with Gasteiger partial charge in [-0.3, -0.25) is 0 Å². The molecule has 0 heterocycles. The van der Waals surface area contributed by atoms with Crippen molar-refractivity contribution < 1.29 is 14.6 Å². The lowest BCUT2D eigenvalue weighted by Gasteiger charge is -2.39. The van der Waals surface area contributed by atoms with Crippen molar-refractivity contribution in [3.63, 3.8) is 0 Å². The summed E-state index contributed by atoms with van der Waals surface area (Å²) in [5.74, 6) is 1.24. The van der Waals surface area contributed by atoms with Gasteiger partial charge in [0.2, 0.25) is 0 Å². The molecule has 3 heteroatoms. The van der Waals surface area contributed by atoms with Crippen molar-refractivity contribution in [2.75, 3.05) is 6.61 Å². The average Bonchev–Trinajstić information content (AvgIpc) is 2.35. The van der Waals surface area contributed by atoms with Gasteiger partial charge >= 0.3 is 6.16 Å². The maximum absolute atomic E-state index is 10.8. The summed E-state index contributed by atoms with van der Waals surface area (Å²) in [5.41, 5.74) is 2.47. The van der Waals surface area contributed by atoms with Crippen LogP contribution in [0, 0.1) is 23.2 Å². The lowest BCUT2D eigenvalue weighted by atomic mass is 9.67. The normalized spacial score (nSPS) is 23.1. The second-order valence-electron chi connectivity index (χ2n) is 6.79. The van der Waals surface area contributed by atoms with E-state index in [4.69, 9.17) is 9.84 Å². The Labute approximate surface area is 122 Å². The van der Waals surface area contributed by atoms with Crippen molar-refractivity contribution in [1.82, 2.24) is 0 Å². The standard InChI is InChI=1S/C17H28O3/c1-11(2)14-7-15(12(3)4)9-17(8-14,13(5)6)10-20-16(18)19/h7-8,11-13H,9-10H2,1-6H3,(H,18,19). The van der Waals surface area contributed by atoms with Crippen LogP contribution in [0.3, 0.4) is 0 Å². The fourth-order valence-corrected chi connectivity index (χ4v) is 2.60. The van der Waals surface area contributed by atoms with Gasteiger partial charge in [-0.05, 0) is 29.7 Å². The Balaban J connectivity index is 3.16. The smallest absolute Gasteiger partial charge is 0.450 e. The fourth-order valence-electron chi connectivity index (χ4n) is 2.60. The van der Waals surface area contributed by atoms with Crippen molar-refractivity contribution in [2.24, 2.45) is 23.2 Å². The second kappa shape index (κ2) is 6.47. The van der Waals surface area contributed by atoms with Gasteiger partial charge in [0.05, 0.1) is 0 Å². The number of carboxylic acid groups (broad SMARTS) is 1. The van der Waals surface area contributed by atoms with E-state index in [-0.39, 0.29) is 12.0 Å². The van der Waals surface area contributed by atoms with Gasteiger partial charge in [-0.1, -0.05) is 59.3 Å². The molecule has 1 rings (SSSR count). The molecular formula is C17H28O3. The molecule has 0 aromatic carbocycles. The van der Waals surface area contributed by atoms with Gasteiger partial charge in [0, 0.05) is 5.41 Å². The van der Waals surface area contributed by atoms with Gasteiger partial charge in [-0.2, -0.15) is 0 Å². The van der Waals surface area contributed by atoms with E-state index in [1.54, 1.807) is 0 Å². The topological polar surface area (TPSA) is 46.5 Å². The van der Waals surface area contributed by atoms with Crippen LogP contribution in [0.1, 0.15) is 48.0 Å². The van der Waals surface area contributed by atoms with Gasteiger partial charge < -0.3 is 9.84 Å². The Kier molecular flexibility index (Phi) is 5.43. The minimum absolute atomic E-state index is 0.216. The number of hydrogen-bond acceptors (Lipinski definition) is 2. The van der Waals surface area contributed by atoms with E-state index in [1.807, 2.05) is 0 Å². The van der Waals surface area contributed by atoms with Gasteiger partial charge in [0.15, 0.2) is 0 Å². The molecule has 0 bridgehead atoms. The van der Waals surface area contributed by atoms with Crippen LogP contribution >= 0.6 is 0 Å². The highest BCUT2D eigenvalue weighted by atomic mass is 16.7. The van der Waals surface area contributed by atoms with Gasteiger partial charge in [-0.25, -0.2) is 4.79 Å². The van der Waals surface area contributed by atoms with E-state index < -0.39 is 6.16 Å². The third-order valence-electron chi connectivity index (χ3n) is 4.36. The van der Waals surface area contributed by atoms with Gasteiger partial charge in [0.25, 0.3) is 0 Å². The van der Waals surface area contributed by atoms with Crippen molar-refractivity contribution in [3.8, 4) is 0 Å². The van der Waals surface area contributed by atoms with Crippen LogP contribution in [0.25, 0.3) is 0 Å². The average molecular weight is 280 g/mol. The molecule has 1 unspecified atom stereocenters. The number of carbonyl (C=O) groups is 1. The molecule has 3 nitrogen and oxygen atoms in total. The molecule has 0 aromatic heterocycles. The van der Waals surface area contributed by atoms with Crippen molar-refractivity contribution >= 4 is 6.16 Å². The fraction of sp³-hybridized carbons (Fsp3) is 0.706. The largest absolute Gasteiger partial charge is 0.505 e. The molecule has 0 fully saturated rings. The molecule has 20 heavy (non-hydrogen) atoms. The Bertz CT molecular complexity index is 416. The molecule has 0 amide bonds. The first-order valence-corrected chi connectivity index (χ1v) is 7.47. The summed E-state index contributed by atoms with van der Waals surface area (Å²) in [6.07, 6.45) is 4.23. The van der Waals surface area contributed by atoms with Crippen LogP contribution in [0.2, 0.25) is 0 Å². The first-order valence-electron chi connectivity index (χ1n) is 7.47. The maximum atomic E-state index is 10.8. The van der Waals surface area contributed by atoms with E-state index >= 15 is 0 Å². The molecule has 1 aliphatic rings. The predicted molar refractivity (Wildman–Crippen MR) is 81.7 cm³/mol. The zero-order valence-electron chi connectivity index (χ0n) is 13.6. The van der Waals surface area contributed by atoms with E-state index in [9.17, 15) is 4.79 Å².